The number of amides is 1. The van der Waals surface area contributed by atoms with Gasteiger partial charge in [0.05, 0.1) is 10.6 Å². The first-order valence-corrected chi connectivity index (χ1v) is 11.1. The van der Waals surface area contributed by atoms with Crippen molar-refractivity contribution >= 4 is 26.7 Å². The summed E-state index contributed by atoms with van der Waals surface area (Å²) in [7, 11) is -3.44. The molecular formula is C22H23NO4S. The lowest BCUT2D eigenvalue weighted by atomic mass is 10.1. The Morgan fingerprint density at radius 1 is 1.11 bits per heavy atom. The van der Waals surface area contributed by atoms with E-state index < -0.39 is 9.84 Å². The Morgan fingerprint density at radius 3 is 2.50 bits per heavy atom. The second-order valence-corrected chi connectivity index (χ2v) is 9.63. The van der Waals surface area contributed by atoms with Crippen LogP contribution in [-0.4, -0.2) is 26.1 Å². The molecule has 1 N–H and O–H groups in total. The molecular weight excluding hydrogens is 374 g/mol. The number of carbonyl (C=O) groups is 1. The Hall–Kier alpha value is -2.60. The standard InChI is InChI=1S/C22H23NO4S/c1-14-3-5-16(6-4-14)11-12-28(25,26)18-9-10-20-19(13-18)15(2)21(27-20)22(24)23-17-7-8-17/h3-6,9-10,13,17H,7-8,11-12H2,1-2H3,(H,23,24). The van der Waals surface area contributed by atoms with Crippen LogP contribution in [0, 0.1) is 13.8 Å². The molecule has 1 aliphatic rings. The van der Waals surface area contributed by atoms with Crippen LogP contribution in [-0.2, 0) is 16.3 Å². The minimum Gasteiger partial charge on any atom is -0.451 e. The Kier molecular flexibility index (Phi) is 4.75. The summed E-state index contributed by atoms with van der Waals surface area (Å²) in [5, 5.41) is 3.57. The van der Waals surface area contributed by atoms with Crippen molar-refractivity contribution in [2.24, 2.45) is 0 Å². The fourth-order valence-corrected chi connectivity index (χ4v) is 4.53. The van der Waals surface area contributed by atoms with Crippen molar-refractivity contribution in [1.82, 2.24) is 5.32 Å². The average molecular weight is 397 g/mol. The molecule has 0 saturated heterocycles. The lowest BCUT2D eigenvalue weighted by molar-refractivity contribution is 0.0924. The molecule has 0 aliphatic heterocycles. The number of carbonyl (C=O) groups excluding carboxylic acids is 1. The number of benzene rings is 2. The molecule has 146 valence electrons. The topological polar surface area (TPSA) is 76.4 Å². The molecule has 0 atom stereocenters. The molecule has 0 radical (unpaired) electrons. The third-order valence-corrected chi connectivity index (χ3v) is 6.88. The summed E-state index contributed by atoms with van der Waals surface area (Å²) in [4.78, 5) is 12.6. The van der Waals surface area contributed by atoms with E-state index in [4.69, 9.17) is 4.42 Å². The summed E-state index contributed by atoms with van der Waals surface area (Å²) in [5.41, 5.74) is 3.34. The summed E-state index contributed by atoms with van der Waals surface area (Å²) in [5.74, 6) is 0.0594. The zero-order valence-corrected chi connectivity index (χ0v) is 16.8. The normalized spacial score (nSPS) is 14.4. The fourth-order valence-electron chi connectivity index (χ4n) is 3.21. The van der Waals surface area contributed by atoms with Crippen LogP contribution in [0.5, 0.6) is 0 Å². The van der Waals surface area contributed by atoms with Crippen LogP contribution in [0.3, 0.4) is 0 Å². The van der Waals surface area contributed by atoms with Gasteiger partial charge in [-0.25, -0.2) is 8.42 Å². The molecule has 1 aliphatic carbocycles. The molecule has 0 bridgehead atoms. The van der Waals surface area contributed by atoms with Gasteiger partial charge in [0.2, 0.25) is 0 Å². The monoisotopic (exact) mass is 397 g/mol. The molecule has 0 unspecified atom stereocenters. The van der Waals surface area contributed by atoms with Gasteiger partial charge in [0.25, 0.3) is 5.91 Å². The summed E-state index contributed by atoms with van der Waals surface area (Å²) in [6, 6.07) is 12.9. The van der Waals surface area contributed by atoms with E-state index >= 15 is 0 Å². The number of aryl methyl sites for hydroxylation is 3. The Labute approximate surface area is 164 Å². The predicted octanol–water partition coefficient (Wildman–Crippen LogP) is 3.96. The molecule has 3 aromatic rings. The third-order valence-electron chi connectivity index (χ3n) is 5.17. The first-order valence-electron chi connectivity index (χ1n) is 9.46. The van der Waals surface area contributed by atoms with Crippen molar-refractivity contribution in [2.75, 3.05) is 5.75 Å². The molecule has 0 spiro atoms. The van der Waals surface area contributed by atoms with E-state index in [9.17, 15) is 13.2 Å². The second-order valence-electron chi connectivity index (χ2n) is 7.52. The van der Waals surface area contributed by atoms with Crippen molar-refractivity contribution in [1.29, 1.82) is 0 Å². The summed E-state index contributed by atoms with van der Waals surface area (Å²) >= 11 is 0. The SMILES string of the molecule is Cc1ccc(CCS(=O)(=O)c2ccc3oc(C(=O)NC4CC4)c(C)c3c2)cc1. The van der Waals surface area contributed by atoms with Crippen LogP contribution in [0.4, 0.5) is 0 Å². The lowest BCUT2D eigenvalue weighted by Crippen LogP contribution is -2.25. The predicted molar refractivity (Wildman–Crippen MR) is 108 cm³/mol. The highest BCUT2D eigenvalue weighted by Crippen LogP contribution is 2.29. The van der Waals surface area contributed by atoms with Gasteiger partial charge < -0.3 is 9.73 Å². The number of sulfone groups is 1. The highest BCUT2D eigenvalue weighted by molar-refractivity contribution is 7.91. The average Bonchev–Trinajstić information content (AvgIpc) is 3.42. The van der Waals surface area contributed by atoms with Crippen molar-refractivity contribution in [3.05, 3.63) is 64.9 Å². The van der Waals surface area contributed by atoms with E-state index in [0.29, 0.717) is 23.0 Å². The molecule has 1 fully saturated rings. The van der Waals surface area contributed by atoms with Crippen LogP contribution in [0.1, 0.15) is 40.1 Å². The molecule has 28 heavy (non-hydrogen) atoms. The molecule has 2 aromatic carbocycles. The van der Waals surface area contributed by atoms with Gasteiger partial charge in [-0.2, -0.15) is 0 Å². The lowest BCUT2D eigenvalue weighted by Gasteiger charge is -2.05. The highest BCUT2D eigenvalue weighted by Gasteiger charge is 2.27. The molecule has 4 rings (SSSR count). The zero-order valence-electron chi connectivity index (χ0n) is 16.0. The maximum Gasteiger partial charge on any atom is 0.287 e. The van der Waals surface area contributed by atoms with Crippen molar-refractivity contribution < 1.29 is 17.6 Å². The first-order chi connectivity index (χ1) is 13.3. The Bertz CT molecular complexity index is 1140. The number of hydrogen-bond donors (Lipinski definition) is 1. The molecule has 1 aromatic heterocycles. The van der Waals surface area contributed by atoms with Gasteiger partial charge in [-0.15, -0.1) is 0 Å². The van der Waals surface area contributed by atoms with Gasteiger partial charge in [0, 0.05) is 17.0 Å². The molecule has 5 nitrogen and oxygen atoms in total. The zero-order chi connectivity index (χ0) is 19.9. The molecule has 1 heterocycles. The minimum absolute atomic E-state index is 0.0352. The van der Waals surface area contributed by atoms with Crippen LogP contribution < -0.4 is 5.32 Å². The van der Waals surface area contributed by atoms with Gasteiger partial charge in [-0.05, 0) is 56.9 Å². The molecule has 1 amide bonds. The quantitative estimate of drug-likeness (QED) is 0.683. The van der Waals surface area contributed by atoms with E-state index in [0.717, 1.165) is 24.0 Å². The smallest absolute Gasteiger partial charge is 0.287 e. The maximum atomic E-state index is 12.8. The van der Waals surface area contributed by atoms with Gasteiger partial charge in [-0.1, -0.05) is 29.8 Å². The van der Waals surface area contributed by atoms with E-state index in [1.54, 1.807) is 25.1 Å². The number of nitrogens with one attached hydrogen (secondary N) is 1. The number of furan rings is 1. The molecule has 6 heteroatoms. The van der Waals surface area contributed by atoms with Crippen molar-refractivity contribution in [2.45, 2.75) is 44.0 Å². The fraction of sp³-hybridized carbons (Fsp3) is 0.318. The number of rotatable bonds is 6. The van der Waals surface area contributed by atoms with E-state index in [1.807, 2.05) is 31.2 Å². The third kappa shape index (κ3) is 3.83. The summed E-state index contributed by atoms with van der Waals surface area (Å²) in [6.07, 6.45) is 2.45. The van der Waals surface area contributed by atoms with Crippen LogP contribution >= 0.6 is 0 Å². The van der Waals surface area contributed by atoms with Gasteiger partial charge in [0.15, 0.2) is 15.6 Å². The van der Waals surface area contributed by atoms with Gasteiger partial charge in [0.1, 0.15) is 5.58 Å². The maximum absolute atomic E-state index is 12.8. The van der Waals surface area contributed by atoms with Crippen LogP contribution in [0.15, 0.2) is 51.8 Å². The second kappa shape index (κ2) is 7.09. The summed E-state index contributed by atoms with van der Waals surface area (Å²) < 4.78 is 31.3. The molecule has 1 saturated carbocycles. The largest absolute Gasteiger partial charge is 0.451 e. The van der Waals surface area contributed by atoms with E-state index in [1.165, 1.54) is 0 Å². The highest BCUT2D eigenvalue weighted by atomic mass is 32.2. The van der Waals surface area contributed by atoms with Crippen molar-refractivity contribution in [3.8, 4) is 0 Å². The minimum atomic E-state index is -3.44. The van der Waals surface area contributed by atoms with Crippen LogP contribution in [0.2, 0.25) is 0 Å². The Balaban J connectivity index is 1.58. The number of hydrogen-bond acceptors (Lipinski definition) is 4. The van der Waals surface area contributed by atoms with E-state index in [2.05, 4.69) is 5.32 Å². The van der Waals surface area contributed by atoms with Gasteiger partial charge >= 0.3 is 0 Å². The Morgan fingerprint density at radius 2 is 1.82 bits per heavy atom. The summed E-state index contributed by atoms with van der Waals surface area (Å²) in [6.45, 7) is 3.79. The van der Waals surface area contributed by atoms with Crippen molar-refractivity contribution in [3.63, 3.8) is 0 Å². The van der Waals surface area contributed by atoms with Gasteiger partial charge in [-0.3, -0.25) is 4.79 Å². The van der Waals surface area contributed by atoms with E-state index in [-0.39, 0.29) is 28.4 Å². The number of fused-ring (bicyclic) bond motifs is 1. The van der Waals surface area contributed by atoms with Crippen LogP contribution in [0.25, 0.3) is 11.0 Å². The first kappa shape index (κ1) is 18.7.